The fraction of sp³-hybridized carbons (Fsp3) is 0.455. The second kappa shape index (κ2) is 4.31. The first kappa shape index (κ1) is 10.5. The Bertz CT molecular complexity index is 480. The second-order valence-corrected chi connectivity index (χ2v) is 4.00. The van der Waals surface area contributed by atoms with Gasteiger partial charge in [0.15, 0.2) is 5.58 Å². The van der Waals surface area contributed by atoms with E-state index in [9.17, 15) is 0 Å². The van der Waals surface area contributed by atoms with Crippen molar-refractivity contribution >= 4 is 17.2 Å². The van der Waals surface area contributed by atoms with Crippen LogP contribution in [0.15, 0.2) is 22.7 Å². The minimum absolute atomic E-state index is 0.0479. The Morgan fingerprint density at radius 2 is 2.47 bits per heavy atom. The van der Waals surface area contributed by atoms with Crippen LogP contribution in [0.5, 0.6) is 0 Å². The lowest BCUT2D eigenvalue weighted by atomic mass is 10.3. The lowest BCUT2D eigenvalue weighted by Crippen LogP contribution is -2.45. The molecule has 0 saturated carbocycles. The highest BCUT2D eigenvalue weighted by Crippen LogP contribution is 2.21. The minimum Gasteiger partial charge on any atom is -0.422 e. The summed E-state index contributed by atoms with van der Waals surface area (Å²) < 4.78 is 11.2. The van der Waals surface area contributed by atoms with Crippen LogP contribution in [0.1, 0.15) is 0 Å². The predicted molar refractivity (Wildman–Crippen MR) is 62.8 cm³/mol. The fourth-order valence-corrected chi connectivity index (χ4v) is 1.93. The summed E-state index contributed by atoms with van der Waals surface area (Å²) >= 11 is 0. The molecule has 1 aliphatic rings. The maximum atomic E-state index is 5.66. The van der Waals surface area contributed by atoms with E-state index in [0.717, 1.165) is 6.54 Å². The summed E-state index contributed by atoms with van der Waals surface area (Å²) in [6, 6.07) is 4.29. The molecule has 6 heteroatoms. The van der Waals surface area contributed by atoms with Crippen LogP contribution >= 0.6 is 0 Å². The van der Waals surface area contributed by atoms with Crippen molar-refractivity contribution in [1.82, 2.24) is 9.97 Å². The SMILES string of the molecule is NC[C@H]1CN(c2nc3ncccc3o2)CCO1. The van der Waals surface area contributed by atoms with Crippen molar-refractivity contribution in [2.75, 3.05) is 31.1 Å². The molecule has 6 nitrogen and oxygen atoms in total. The number of pyridine rings is 1. The normalized spacial score (nSPS) is 21.0. The zero-order valence-electron chi connectivity index (χ0n) is 9.37. The molecule has 2 aromatic rings. The topological polar surface area (TPSA) is 77.4 Å². The van der Waals surface area contributed by atoms with Crippen molar-refractivity contribution in [3.8, 4) is 0 Å². The molecule has 0 amide bonds. The first-order valence-corrected chi connectivity index (χ1v) is 5.65. The number of aromatic nitrogens is 2. The van der Waals surface area contributed by atoms with Crippen molar-refractivity contribution in [2.45, 2.75) is 6.10 Å². The lowest BCUT2D eigenvalue weighted by Gasteiger charge is -2.30. The number of hydrogen-bond acceptors (Lipinski definition) is 6. The summed E-state index contributed by atoms with van der Waals surface area (Å²) in [4.78, 5) is 10.5. The van der Waals surface area contributed by atoms with Gasteiger partial charge < -0.3 is 19.8 Å². The molecular weight excluding hydrogens is 220 g/mol. The molecule has 3 heterocycles. The molecule has 0 unspecified atom stereocenters. The van der Waals surface area contributed by atoms with Gasteiger partial charge in [-0.1, -0.05) is 0 Å². The number of oxazole rings is 1. The van der Waals surface area contributed by atoms with Crippen LogP contribution in [-0.4, -0.2) is 42.3 Å². The van der Waals surface area contributed by atoms with E-state index >= 15 is 0 Å². The first-order valence-electron chi connectivity index (χ1n) is 5.65. The van der Waals surface area contributed by atoms with Crippen molar-refractivity contribution in [3.63, 3.8) is 0 Å². The van der Waals surface area contributed by atoms with E-state index in [1.165, 1.54) is 0 Å². The third-order valence-electron chi connectivity index (χ3n) is 2.83. The molecule has 2 N–H and O–H groups in total. The number of hydrogen-bond donors (Lipinski definition) is 1. The third-order valence-corrected chi connectivity index (χ3v) is 2.83. The van der Waals surface area contributed by atoms with Gasteiger partial charge in [0, 0.05) is 25.8 Å². The van der Waals surface area contributed by atoms with Crippen LogP contribution in [-0.2, 0) is 4.74 Å². The van der Waals surface area contributed by atoms with E-state index in [2.05, 4.69) is 9.97 Å². The number of anilines is 1. The van der Waals surface area contributed by atoms with E-state index in [-0.39, 0.29) is 6.10 Å². The molecule has 1 saturated heterocycles. The molecule has 2 aromatic heterocycles. The van der Waals surface area contributed by atoms with Gasteiger partial charge in [0.05, 0.1) is 12.7 Å². The molecule has 0 spiro atoms. The Kier molecular flexibility index (Phi) is 2.66. The van der Waals surface area contributed by atoms with Gasteiger partial charge in [-0.05, 0) is 12.1 Å². The highest BCUT2D eigenvalue weighted by Gasteiger charge is 2.23. The van der Waals surface area contributed by atoms with Gasteiger partial charge in [0.25, 0.3) is 6.01 Å². The largest absolute Gasteiger partial charge is 0.422 e. The molecule has 0 bridgehead atoms. The van der Waals surface area contributed by atoms with Gasteiger partial charge in [-0.15, -0.1) is 0 Å². The molecule has 90 valence electrons. The maximum Gasteiger partial charge on any atom is 0.300 e. The van der Waals surface area contributed by atoms with E-state index in [1.54, 1.807) is 6.20 Å². The van der Waals surface area contributed by atoms with Crippen LogP contribution in [0.2, 0.25) is 0 Å². The summed E-state index contributed by atoms with van der Waals surface area (Å²) in [5.41, 5.74) is 6.95. The number of rotatable bonds is 2. The van der Waals surface area contributed by atoms with E-state index in [0.29, 0.717) is 36.9 Å². The van der Waals surface area contributed by atoms with Crippen LogP contribution < -0.4 is 10.6 Å². The molecule has 0 aromatic carbocycles. The third kappa shape index (κ3) is 1.96. The first-order chi connectivity index (χ1) is 8.36. The summed E-state index contributed by atoms with van der Waals surface area (Å²) in [5, 5.41) is 0. The predicted octanol–water partition coefficient (Wildman–Crippen LogP) is 0.387. The van der Waals surface area contributed by atoms with Crippen LogP contribution in [0, 0.1) is 0 Å². The molecule has 0 aliphatic carbocycles. The average Bonchev–Trinajstić information content (AvgIpc) is 2.82. The van der Waals surface area contributed by atoms with Gasteiger partial charge in [0.1, 0.15) is 0 Å². The molecule has 1 aliphatic heterocycles. The molecule has 0 radical (unpaired) electrons. The van der Waals surface area contributed by atoms with Crippen molar-refractivity contribution in [2.24, 2.45) is 5.73 Å². The van der Waals surface area contributed by atoms with Crippen molar-refractivity contribution < 1.29 is 9.15 Å². The molecule has 1 fully saturated rings. The Morgan fingerprint density at radius 3 is 3.29 bits per heavy atom. The Hall–Kier alpha value is -1.66. The minimum atomic E-state index is 0.0479. The number of nitrogens with two attached hydrogens (primary N) is 1. The molecule has 3 rings (SSSR count). The molecule has 1 atom stereocenters. The highest BCUT2D eigenvalue weighted by atomic mass is 16.5. The van der Waals surface area contributed by atoms with Gasteiger partial charge in [-0.3, -0.25) is 0 Å². The summed E-state index contributed by atoms with van der Waals surface area (Å²) in [5.74, 6) is 0. The zero-order valence-corrected chi connectivity index (χ0v) is 9.37. The number of ether oxygens (including phenoxy) is 1. The Morgan fingerprint density at radius 1 is 1.53 bits per heavy atom. The number of morpholine rings is 1. The zero-order chi connectivity index (χ0) is 11.7. The summed E-state index contributed by atoms with van der Waals surface area (Å²) in [7, 11) is 0. The van der Waals surface area contributed by atoms with Gasteiger partial charge in [-0.2, -0.15) is 4.98 Å². The van der Waals surface area contributed by atoms with Gasteiger partial charge >= 0.3 is 0 Å². The van der Waals surface area contributed by atoms with Crippen LogP contribution in [0.25, 0.3) is 11.2 Å². The summed E-state index contributed by atoms with van der Waals surface area (Å²) in [6.45, 7) is 2.63. The van der Waals surface area contributed by atoms with Crippen LogP contribution in [0.3, 0.4) is 0 Å². The Labute approximate surface area is 98.4 Å². The van der Waals surface area contributed by atoms with E-state index in [1.807, 2.05) is 17.0 Å². The van der Waals surface area contributed by atoms with E-state index in [4.69, 9.17) is 14.9 Å². The monoisotopic (exact) mass is 234 g/mol. The maximum absolute atomic E-state index is 5.66. The summed E-state index contributed by atoms with van der Waals surface area (Å²) in [6.07, 6.45) is 1.75. The quantitative estimate of drug-likeness (QED) is 0.809. The highest BCUT2D eigenvalue weighted by molar-refractivity contribution is 5.69. The van der Waals surface area contributed by atoms with Gasteiger partial charge in [0.2, 0.25) is 5.65 Å². The molecule has 17 heavy (non-hydrogen) atoms. The lowest BCUT2D eigenvalue weighted by molar-refractivity contribution is 0.0449. The second-order valence-electron chi connectivity index (χ2n) is 4.00. The van der Waals surface area contributed by atoms with Crippen molar-refractivity contribution in [1.29, 1.82) is 0 Å². The van der Waals surface area contributed by atoms with Gasteiger partial charge in [-0.25, -0.2) is 4.98 Å². The van der Waals surface area contributed by atoms with E-state index < -0.39 is 0 Å². The average molecular weight is 234 g/mol. The standard InChI is InChI=1S/C11H14N4O2/c12-6-8-7-15(4-5-16-8)11-14-10-9(17-11)2-1-3-13-10/h1-3,8H,4-7,12H2/t8-/m0/s1. The molecular formula is C11H14N4O2. The Balaban J connectivity index is 1.87. The smallest absolute Gasteiger partial charge is 0.300 e. The van der Waals surface area contributed by atoms with Crippen molar-refractivity contribution in [3.05, 3.63) is 18.3 Å². The van der Waals surface area contributed by atoms with Crippen LogP contribution in [0.4, 0.5) is 6.01 Å². The number of nitrogens with zero attached hydrogens (tertiary/aromatic N) is 3. The fourth-order valence-electron chi connectivity index (χ4n) is 1.93. The number of fused-ring (bicyclic) bond motifs is 1.